The molecule has 1 heterocycles. The van der Waals surface area contributed by atoms with Crippen molar-refractivity contribution in [3.8, 4) is 17.7 Å². The Morgan fingerprint density at radius 3 is 2.83 bits per heavy atom. The second-order valence-electron chi connectivity index (χ2n) is 3.76. The fourth-order valence-electron chi connectivity index (χ4n) is 1.66. The smallest absolute Gasteiger partial charge is 0.228 e. The molecule has 1 aromatic heterocycles. The minimum absolute atomic E-state index is 0.338. The maximum atomic E-state index is 11.0. The number of aryl methyl sites for hydroxylation is 2. The third-order valence-electron chi connectivity index (χ3n) is 2.55. The molecule has 2 rings (SSSR count). The van der Waals surface area contributed by atoms with Crippen molar-refractivity contribution in [3.05, 3.63) is 41.1 Å². The van der Waals surface area contributed by atoms with E-state index in [0.717, 1.165) is 0 Å². The molecule has 0 amide bonds. The van der Waals surface area contributed by atoms with Gasteiger partial charge in [-0.3, -0.25) is 4.79 Å². The van der Waals surface area contributed by atoms with Crippen molar-refractivity contribution in [2.24, 2.45) is 7.05 Å². The van der Waals surface area contributed by atoms with Gasteiger partial charge in [-0.25, -0.2) is 4.68 Å². The van der Waals surface area contributed by atoms with Crippen LogP contribution in [-0.2, 0) is 7.05 Å². The summed E-state index contributed by atoms with van der Waals surface area (Å²) in [4.78, 5) is 11.0. The molecule has 0 fully saturated rings. The number of ether oxygens (including phenoxy) is 1. The van der Waals surface area contributed by atoms with Gasteiger partial charge in [0.05, 0.1) is 16.8 Å². The van der Waals surface area contributed by atoms with Crippen molar-refractivity contribution in [1.82, 2.24) is 9.78 Å². The van der Waals surface area contributed by atoms with Crippen molar-refractivity contribution in [2.75, 3.05) is 0 Å². The molecule has 18 heavy (non-hydrogen) atoms. The summed E-state index contributed by atoms with van der Waals surface area (Å²) in [5.41, 5.74) is 1.40. The number of hydrogen-bond acceptors (Lipinski definition) is 4. The largest absolute Gasteiger partial charge is 0.437 e. The van der Waals surface area contributed by atoms with Gasteiger partial charge < -0.3 is 4.74 Å². The van der Waals surface area contributed by atoms with Gasteiger partial charge in [-0.15, -0.1) is 0 Å². The SMILES string of the molecule is Cc1nn(C)c(Oc2ccccc2C#N)c1C=O. The highest BCUT2D eigenvalue weighted by molar-refractivity contribution is 5.80. The van der Waals surface area contributed by atoms with Crippen LogP contribution >= 0.6 is 0 Å². The Labute approximate surface area is 104 Å². The number of nitrogens with zero attached hydrogens (tertiary/aromatic N) is 3. The van der Waals surface area contributed by atoms with E-state index in [9.17, 15) is 4.79 Å². The first-order valence-corrected chi connectivity index (χ1v) is 5.33. The third kappa shape index (κ3) is 1.96. The summed E-state index contributed by atoms with van der Waals surface area (Å²) in [5.74, 6) is 0.747. The molecular weight excluding hydrogens is 230 g/mol. The summed E-state index contributed by atoms with van der Waals surface area (Å²) in [5, 5.41) is 13.1. The number of hydrogen-bond donors (Lipinski definition) is 0. The summed E-state index contributed by atoms with van der Waals surface area (Å²) >= 11 is 0. The number of para-hydroxylation sites is 1. The fourth-order valence-corrected chi connectivity index (χ4v) is 1.66. The second-order valence-corrected chi connectivity index (χ2v) is 3.76. The molecular formula is C13H11N3O2. The molecule has 90 valence electrons. The van der Waals surface area contributed by atoms with Gasteiger partial charge in [0, 0.05) is 7.05 Å². The van der Waals surface area contributed by atoms with Crippen LogP contribution in [0.25, 0.3) is 0 Å². The van der Waals surface area contributed by atoms with Crippen LogP contribution in [-0.4, -0.2) is 16.1 Å². The van der Waals surface area contributed by atoms with Gasteiger partial charge in [0.25, 0.3) is 0 Å². The highest BCUT2D eigenvalue weighted by atomic mass is 16.5. The zero-order valence-electron chi connectivity index (χ0n) is 10.0. The second kappa shape index (κ2) is 4.72. The zero-order valence-corrected chi connectivity index (χ0v) is 10.0. The highest BCUT2D eigenvalue weighted by Crippen LogP contribution is 2.28. The number of carbonyl (C=O) groups excluding carboxylic acids is 1. The fraction of sp³-hybridized carbons (Fsp3) is 0.154. The van der Waals surface area contributed by atoms with Gasteiger partial charge in [-0.2, -0.15) is 10.4 Å². The minimum atomic E-state index is 0.338. The third-order valence-corrected chi connectivity index (χ3v) is 2.55. The minimum Gasteiger partial charge on any atom is -0.437 e. The van der Waals surface area contributed by atoms with Gasteiger partial charge in [0.2, 0.25) is 5.88 Å². The van der Waals surface area contributed by atoms with E-state index in [2.05, 4.69) is 5.10 Å². The van der Waals surface area contributed by atoms with Crippen LogP contribution in [0.5, 0.6) is 11.6 Å². The Hall–Kier alpha value is -2.61. The van der Waals surface area contributed by atoms with Crippen LogP contribution in [0.4, 0.5) is 0 Å². The van der Waals surface area contributed by atoms with Gasteiger partial charge in [-0.1, -0.05) is 12.1 Å². The van der Waals surface area contributed by atoms with Gasteiger partial charge in [0.1, 0.15) is 11.8 Å². The van der Waals surface area contributed by atoms with E-state index in [0.29, 0.717) is 34.7 Å². The summed E-state index contributed by atoms with van der Waals surface area (Å²) in [6.07, 6.45) is 0.701. The lowest BCUT2D eigenvalue weighted by molar-refractivity contribution is 0.112. The molecule has 5 heteroatoms. The average molecular weight is 241 g/mol. The molecule has 0 aliphatic carbocycles. The van der Waals surface area contributed by atoms with Gasteiger partial charge in [0.15, 0.2) is 6.29 Å². The topological polar surface area (TPSA) is 67.9 Å². The summed E-state index contributed by atoms with van der Waals surface area (Å²) < 4.78 is 7.10. The van der Waals surface area contributed by atoms with Crippen molar-refractivity contribution in [2.45, 2.75) is 6.92 Å². The number of carbonyl (C=O) groups is 1. The van der Waals surface area contributed by atoms with E-state index in [4.69, 9.17) is 10.00 Å². The molecule has 0 aliphatic rings. The molecule has 0 aliphatic heterocycles. The number of aldehydes is 1. The van der Waals surface area contributed by atoms with Crippen LogP contribution in [0.3, 0.4) is 0 Å². The monoisotopic (exact) mass is 241 g/mol. The van der Waals surface area contributed by atoms with Crippen molar-refractivity contribution in [3.63, 3.8) is 0 Å². The Bertz CT molecular complexity index is 638. The summed E-state index contributed by atoms with van der Waals surface area (Å²) in [6, 6.07) is 8.88. The molecule has 2 aromatic rings. The Morgan fingerprint density at radius 2 is 2.17 bits per heavy atom. The maximum absolute atomic E-state index is 11.0. The first-order chi connectivity index (χ1) is 8.67. The van der Waals surface area contributed by atoms with E-state index in [1.807, 2.05) is 6.07 Å². The van der Waals surface area contributed by atoms with E-state index < -0.39 is 0 Å². The number of benzene rings is 1. The normalized spacial score (nSPS) is 9.83. The molecule has 0 radical (unpaired) electrons. The van der Waals surface area contributed by atoms with Crippen LogP contribution in [0.2, 0.25) is 0 Å². The van der Waals surface area contributed by atoms with E-state index >= 15 is 0 Å². The van der Waals surface area contributed by atoms with Crippen LogP contribution < -0.4 is 4.74 Å². The Morgan fingerprint density at radius 1 is 1.44 bits per heavy atom. The molecule has 0 spiro atoms. The van der Waals surface area contributed by atoms with Crippen LogP contribution in [0.1, 0.15) is 21.6 Å². The lowest BCUT2D eigenvalue weighted by Crippen LogP contribution is -1.98. The number of aromatic nitrogens is 2. The van der Waals surface area contributed by atoms with Gasteiger partial charge >= 0.3 is 0 Å². The van der Waals surface area contributed by atoms with E-state index in [1.165, 1.54) is 4.68 Å². The zero-order chi connectivity index (χ0) is 13.1. The standard InChI is InChI=1S/C13H11N3O2/c1-9-11(8-17)13(16(2)15-9)18-12-6-4-3-5-10(12)7-14/h3-6,8H,1-2H3. The maximum Gasteiger partial charge on any atom is 0.228 e. The Balaban J connectivity index is 2.47. The first-order valence-electron chi connectivity index (χ1n) is 5.33. The Kier molecular flexibility index (Phi) is 3.11. The van der Waals surface area contributed by atoms with Crippen molar-refractivity contribution < 1.29 is 9.53 Å². The summed E-state index contributed by atoms with van der Waals surface area (Å²) in [7, 11) is 1.68. The van der Waals surface area contributed by atoms with Gasteiger partial charge in [-0.05, 0) is 19.1 Å². The lowest BCUT2D eigenvalue weighted by Gasteiger charge is -2.07. The van der Waals surface area contributed by atoms with Crippen LogP contribution in [0.15, 0.2) is 24.3 Å². The molecule has 1 aromatic carbocycles. The molecule has 0 saturated heterocycles. The molecule has 0 unspecified atom stereocenters. The summed E-state index contributed by atoms with van der Waals surface area (Å²) in [6.45, 7) is 1.73. The number of rotatable bonds is 3. The predicted molar refractivity (Wildman–Crippen MR) is 64.6 cm³/mol. The van der Waals surface area contributed by atoms with Crippen molar-refractivity contribution >= 4 is 6.29 Å². The predicted octanol–water partition coefficient (Wildman–Crippen LogP) is 2.21. The quantitative estimate of drug-likeness (QED) is 0.772. The van der Waals surface area contributed by atoms with Crippen LogP contribution in [0, 0.1) is 18.3 Å². The highest BCUT2D eigenvalue weighted by Gasteiger charge is 2.15. The molecule has 5 nitrogen and oxygen atoms in total. The molecule has 0 saturated carbocycles. The molecule has 0 atom stereocenters. The first kappa shape index (κ1) is 11.9. The van der Waals surface area contributed by atoms with Crippen molar-refractivity contribution in [1.29, 1.82) is 5.26 Å². The average Bonchev–Trinajstić information content (AvgIpc) is 2.64. The lowest BCUT2D eigenvalue weighted by atomic mass is 10.2. The van der Waals surface area contributed by atoms with E-state index in [-0.39, 0.29) is 0 Å². The molecule has 0 bridgehead atoms. The number of nitriles is 1. The molecule has 0 N–H and O–H groups in total. The van der Waals surface area contributed by atoms with E-state index in [1.54, 1.807) is 38.2 Å².